The lowest BCUT2D eigenvalue weighted by atomic mass is 10.2. The van der Waals surface area contributed by atoms with E-state index in [2.05, 4.69) is 35.9 Å². The van der Waals surface area contributed by atoms with Crippen molar-refractivity contribution in [3.8, 4) is 17.2 Å². The summed E-state index contributed by atoms with van der Waals surface area (Å²) in [5, 5.41) is 0. The molecule has 0 N–H and O–H groups in total. The number of imidazole rings is 2. The van der Waals surface area contributed by atoms with Crippen molar-refractivity contribution in [2.75, 3.05) is 0 Å². The largest absolute Gasteiger partial charge is 0.301 e. The van der Waals surface area contributed by atoms with E-state index in [4.69, 9.17) is 0 Å². The molecular weight excluding hydrogens is 332 g/mol. The number of halogens is 1. The summed E-state index contributed by atoms with van der Waals surface area (Å²) in [4.78, 5) is 17.4. The molecule has 0 bridgehead atoms. The van der Waals surface area contributed by atoms with Gasteiger partial charge in [0.15, 0.2) is 11.5 Å². The standard InChI is InChI=1S/C14H9BrN6/c15-11-9-20-7-5-18-13(20)14(19-11)21-8-6-17-12(21)10-1-3-16-4-2-10/h1-9H. The first-order valence-electron chi connectivity index (χ1n) is 6.26. The fourth-order valence-corrected chi connectivity index (χ4v) is 2.62. The summed E-state index contributed by atoms with van der Waals surface area (Å²) in [5.74, 6) is 1.52. The summed E-state index contributed by atoms with van der Waals surface area (Å²) in [6, 6.07) is 3.83. The minimum atomic E-state index is 0.721. The summed E-state index contributed by atoms with van der Waals surface area (Å²) in [6.07, 6.45) is 12.6. The van der Waals surface area contributed by atoms with Crippen LogP contribution in [0.4, 0.5) is 0 Å². The maximum atomic E-state index is 4.54. The Kier molecular flexibility index (Phi) is 2.78. The van der Waals surface area contributed by atoms with Crippen molar-refractivity contribution >= 4 is 21.6 Å². The van der Waals surface area contributed by atoms with Gasteiger partial charge in [-0.15, -0.1) is 0 Å². The molecule has 0 saturated heterocycles. The van der Waals surface area contributed by atoms with Crippen LogP contribution >= 0.6 is 15.9 Å². The zero-order chi connectivity index (χ0) is 14.2. The zero-order valence-electron chi connectivity index (χ0n) is 10.8. The van der Waals surface area contributed by atoms with Crippen LogP contribution in [0.25, 0.3) is 22.9 Å². The van der Waals surface area contributed by atoms with Crippen LogP contribution in [0.3, 0.4) is 0 Å². The first-order chi connectivity index (χ1) is 10.3. The van der Waals surface area contributed by atoms with E-state index in [-0.39, 0.29) is 0 Å². The molecule has 0 aromatic carbocycles. The molecule has 0 amide bonds. The van der Waals surface area contributed by atoms with Gasteiger partial charge >= 0.3 is 0 Å². The molecule has 0 atom stereocenters. The molecule has 0 aliphatic carbocycles. The Morgan fingerprint density at radius 3 is 2.62 bits per heavy atom. The molecular formula is C14H9BrN6. The van der Waals surface area contributed by atoms with Crippen molar-refractivity contribution in [3.63, 3.8) is 0 Å². The van der Waals surface area contributed by atoms with E-state index in [1.807, 2.05) is 39.7 Å². The lowest BCUT2D eigenvalue weighted by Gasteiger charge is -2.08. The van der Waals surface area contributed by atoms with Gasteiger partial charge in [0.05, 0.1) is 0 Å². The normalized spacial score (nSPS) is 11.1. The van der Waals surface area contributed by atoms with Crippen LogP contribution in [0.15, 0.2) is 60.1 Å². The van der Waals surface area contributed by atoms with Crippen molar-refractivity contribution in [2.24, 2.45) is 0 Å². The lowest BCUT2D eigenvalue weighted by Crippen LogP contribution is -2.03. The average molecular weight is 341 g/mol. The maximum absolute atomic E-state index is 4.54. The SMILES string of the molecule is Brc1cn2ccnc2c(-n2ccnc2-c2ccncc2)n1. The molecule has 7 heteroatoms. The summed E-state index contributed by atoms with van der Waals surface area (Å²) >= 11 is 3.43. The van der Waals surface area contributed by atoms with Gasteiger partial charge < -0.3 is 4.40 Å². The minimum absolute atomic E-state index is 0.721. The van der Waals surface area contributed by atoms with Crippen LogP contribution in [0.2, 0.25) is 0 Å². The van der Waals surface area contributed by atoms with Gasteiger partial charge in [-0.25, -0.2) is 15.0 Å². The molecule has 4 heterocycles. The van der Waals surface area contributed by atoms with E-state index in [0.717, 1.165) is 27.5 Å². The zero-order valence-corrected chi connectivity index (χ0v) is 12.3. The van der Waals surface area contributed by atoms with E-state index < -0.39 is 0 Å². The second-order valence-electron chi connectivity index (χ2n) is 4.40. The molecule has 21 heavy (non-hydrogen) atoms. The van der Waals surface area contributed by atoms with Crippen molar-refractivity contribution < 1.29 is 0 Å². The highest BCUT2D eigenvalue weighted by Crippen LogP contribution is 2.23. The minimum Gasteiger partial charge on any atom is -0.301 e. The van der Waals surface area contributed by atoms with E-state index in [1.54, 1.807) is 24.8 Å². The van der Waals surface area contributed by atoms with E-state index >= 15 is 0 Å². The first kappa shape index (κ1) is 12.2. The molecule has 4 aromatic rings. The Balaban J connectivity index is 1.99. The third-order valence-electron chi connectivity index (χ3n) is 3.13. The van der Waals surface area contributed by atoms with Crippen molar-refractivity contribution in [1.82, 2.24) is 28.9 Å². The van der Waals surface area contributed by atoms with Gasteiger partial charge in [-0.2, -0.15) is 0 Å². The van der Waals surface area contributed by atoms with Gasteiger partial charge in [-0.05, 0) is 28.1 Å². The summed E-state index contributed by atoms with van der Waals surface area (Å²) in [6.45, 7) is 0. The monoisotopic (exact) mass is 340 g/mol. The molecule has 4 aromatic heterocycles. The van der Waals surface area contributed by atoms with Gasteiger partial charge in [-0.1, -0.05) is 0 Å². The van der Waals surface area contributed by atoms with E-state index in [1.165, 1.54) is 0 Å². The maximum Gasteiger partial charge on any atom is 0.183 e. The Morgan fingerprint density at radius 1 is 0.952 bits per heavy atom. The fourth-order valence-electron chi connectivity index (χ4n) is 2.24. The highest BCUT2D eigenvalue weighted by Gasteiger charge is 2.13. The molecule has 0 aliphatic rings. The Morgan fingerprint density at radius 2 is 1.76 bits per heavy atom. The molecule has 0 unspecified atom stereocenters. The molecule has 4 rings (SSSR count). The molecule has 0 saturated carbocycles. The molecule has 102 valence electrons. The summed E-state index contributed by atoms with van der Waals surface area (Å²) in [5.41, 5.74) is 1.74. The Labute approximate surface area is 128 Å². The number of aromatic nitrogens is 6. The van der Waals surface area contributed by atoms with E-state index in [0.29, 0.717) is 0 Å². The quantitative estimate of drug-likeness (QED) is 0.563. The van der Waals surface area contributed by atoms with Crippen molar-refractivity contribution in [2.45, 2.75) is 0 Å². The molecule has 0 aliphatic heterocycles. The predicted molar refractivity (Wildman–Crippen MR) is 81.0 cm³/mol. The average Bonchev–Trinajstić information content (AvgIpc) is 3.16. The highest BCUT2D eigenvalue weighted by molar-refractivity contribution is 9.10. The first-order valence-corrected chi connectivity index (χ1v) is 7.05. The van der Waals surface area contributed by atoms with Crippen LogP contribution < -0.4 is 0 Å². The molecule has 0 fully saturated rings. The fraction of sp³-hybridized carbons (Fsp3) is 0. The lowest BCUT2D eigenvalue weighted by molar-refractivity contribution is 0.964. The van der Waals surface area contributed by atoms with Crippen LogP contribution in [0, 0.1) is 0 Å². The second-order valence-corrected chi connectivity index (χ2v) is 5.21. The van der Waals surface area contributed by atoms with Crippen LogP contribution in [-0.4, -0.2) is 28.9 Å². The number of nitrogens with zero attached hydrogens (tertiary/aromatic N) is 6. The van der Waals surface area contributed by atoms with Crippen molar-refractivity contribution in [1.29, 1.82) is 0 Å². The number of pyridine rings is 1. The van der Waals surface area contributed by atoms with Crippen LogP contribution in [0.1, 0.15) is 0 Å². The van der Waals surface area contributed by atoms with Crippen LogP contribution in [0.5, 0.6) is 0 Å². The molecule has 6 nitrogen and oxygen atoms in total. The number of fused-ring (bicyclic) bond motifs is 1. The Bertz CT molecular complexity index is 912. The molecule has 0 spiro atoms. The Hall–Kier alpha value is -2.54. The summed E-state index contributed by atoms with van der Waals surface area (Å²) < 4.78 is 4.57. The van der Waals surface area contributed by atoms with Gasteiger partial charge in [0.2, 0.25) is 0 Å². The van der Waals surface area contributed by atoms with E-state index in [9.17, 15) is 0 Å². The van der Waals surface area contributed by atoms with Gasteiger partial charge in [0, 0.05) is 48.9 Å². The summed E-state index contributed by atoms with van der Waals surface area (Å²) in [7, 11) is 0. The highest BCUT2D eigenvalue weighted by atomic mass is 79.9. The molecule has 0 radical (unpaired) electrons. The van der Waals surface area contributed by atoms with Crippen LogP contribution in [-0.2, 0) is 0 Å². The van der Waals surface area contributed by atoms with Gasteiger partial charge in [0.25, 0.3) is 0 Å². The smallest absolute Gasteiger partial charge is 0.183 e. The van der Waals surface area contributed by atoms with Gasteiger partial charge in [-0.3, -0.25) is 9.55 Å². The van der Waals surface area contributed by atoms with Gasteiger partial charge in [0.1, 0.15) is 10.4 Å². The predicted octanol–water partition coefficient (Wildman–Crippen LogP) is 2.74. The van der Waals surface area contributed by atoms with Crippen molar-refractivity contribution in [3.05, 3.63) is 60.1 Å². The number of hydrogen-bond donors (Lipinski definition) is 0. The third kappa shape index (κ3) is 2.02. The third-order valence-corrected chi connectivity index (χ3v) is 3.52. The number of rotatable bonds is 2. The number of hydrogen-bond acceptors (Lipinski definition) is 4. The second kappa shape index (κ2) is 4.78. The topological polar surface area (TPSA) is 60.9 Å².